The monoisotopic (exact) mass is 554 g/mol. The van der Waals surface area contributed by atoms with E-state index in [4.69, 9.17) is 18.9 Å². The van der Waals surface area contributed by atoms with Gasteiger partial charge < -0.3 is 18.9 Å². The quantitative estimate of drug-likeness (QED) is 0.293. The van der Waals surface area contributed by atoms with Crippen LogP contribution in [0.25, 0.3) is 17.1 Å². The summed E-state index contributed by atoms with van der Waals surface area (Å²) in [6, 6.07) is 12.4. The van der Waals surface area contributed by atoms with E-state index in [1.807, 2.05) is 13.0 Å². The lowest BCUT2D eigenvalue weighted by molar-refractivity contribution is 0.0949. The van der Waals surface area contributed by atoms with E-state index in [9.17, 15) is 8.42 Å². The summed E-state index contributed by atoms with van der Waals surface area (Å²) in [6.07, 6.45) is 2.26. The summed E-state index contributed by atoms with van der Waals surface area (Å²) in [4.78, 5) is 8.51. The second-order valence-corrected chi connectivity index (χ2v) is 10.6. The molecule has 2 heterocycles. The van der Waals surface area contributed by atoms with Gasteiger partial charge in [-0.25, -0.2) is 18.4 Å². The number of sulfonamides is 1. The van der Waals surface area contributed by atoms with Crippen molar-refractivity contribution in [1.29, 1.82) is 0 Å². The Morgan fingerprint density at radius 2 is 1.54 bits per heavy atom. The number of para-hydroxylation sites is 1. The molecule has 2 atom stereocenters. The second-order valence-electron chi connectivity index (χ2n) is 8.55. The van der Waals surface area contributed by atoms with E-state index in [1.54, 1.807) is 55.9 Å². The van der Waals surface area contributed by atoms with Crippen LogP contribution in [0.2, 0.25) is 0 Å². The summed E-state index contributed by atoms with van der Waals surface area (Å²) < 4.78 is 53.6. The lowest BCUT2D eigenvalue weighted by atomic mass is 10.2. The van der Waals surface area contributed by atoms with Crippen LogP contribution in [0, 0.1) is 6.92 Å². The molecule has 12 nitrogen and oxygen atoms in total. The molecule has 4 rings (SSSR count). The molecule has 0 aliphatic rings. The average molecular weight is 555 g/mol. The third kappa shape index (κ3) is 5.64. The van der Waals surface area contributed by atoms with E-state index in [0.717, 1.165) is 5.56 Å². The molecule has 0 fully saturated rings. The summed E-state index contributed by atoms with van der Waals surface area (Å²) in [7, 11) is 1.85. The predicted octanol–water partition coefficient (Wildman–Crippen LogP) is 3.58. The Bertz CT molecular complexity index is 1520. The van der Waals surface area contributed by atoms with Crippen LogP contribution in [0.15, 0.2) is 54.9 Å². The Balaban J connectivity index is 1.85. The molecule has 206 valence electrons. The van der Waals surface area contributed by atoms with Gasteiger partial charge >= 0.3 is 0 Å². The topological polar surface area (TPSA) is 140 Å². The minimum atomic E-state index is -4.12. The number of hydrogen-bond donors (Lipinski definition) is 1. The Hall–Kier alpha value is -4.23. The highest BCUT2D eigenvalue weighted by atomic mass is 32.2. The molecule has 0 bridgehead atoms. The van der Waals surface area contributed by atoms with Crippen LogP contribution >= 0.6 is 0 Å². The van der Waals surface area contributed by atoms with Crippen molar-refractivity contribution in [2.45, 2.75) is 25.2 Å². The zero-order chi connectivity index (χ0) is 28.2. The lowest BCUT2D eigenvalue weighted by Gasteiger charge is -2.23. The first-order valence-electron chi connectivity index (χ1n) is 11.9. The maximum atomic E-state index is 13.7. The maximum absolute atomic E-state index is 13.7. The molecule has 13 heteroatoms. The molecule has 0 spiro atoms. The van der Waals surface area contributed by atoms with Crippen molar-refractivity contribution in [3.63, 3.8) is 0 Å². The number of ether oxygens (including phenoxy) is 4. The fourth-order valence-electron chi connectivity index (χ4n) is 4.00. The second kappa shape index (κ2) is 11.7. The number of benzene rings is 2. The molecule has 0 saturated heterocycles. The molecule has 0 saturated carbocycles. The number of aromatic nitrogens is 5. The van der Waals surface area contributed by atoms with Gasteiger partial charge in [0.05, 0.1) is 21.3 Å². The molecular formula is C26H30N6O6S. The molecule has 2 aromatic heterocycles. The SMILES string of the molecule is COc1cccc(-c2nnc(NS(=O)(=O)[C@@H](C)[C@H](OC)c3ncc(C)cn3)n2-c2c(OC)cccc2OC)c1. The van der Waals surface area contributed by atoms with Gasteiger partial charge in [0.1, 0.15) is 34.3 Å². The van der Waals surface area contributed by atoms with Gasteiger partial charge in [-0.1, -0.05) is 18.2 Å². The first-order valence-corrected chi connectivity index (χ1v) is 13.4. The summed E-state index contributed by atoms with van der Waals surface area (Å²) in [6.45, 7) is 3.35. The molecule has 4 aromatic rings. The van der Waals surface area contributed by atoms with Crippen molar-refractivity contribution in [2.24, 2.45) is 0 Å². The number of aryl methyl sites for hydroxylation is 1. The van der Waals surface area contributed by atoms with Gasteiger partial charge in [-0.2, -0.15) is 0 Å². The van der Waals surface area contributed by atoms with Gasteiger partial charge in [-0.05, 0) is 43.7 Å². The molecule has 1 N–H and O–H groups in total. The standard InChI is InChI=1S/C26H30N6O6S/c1-16-14-27-24(28-15-16)23(38-6)17(2)39(33,34)31-26-30-29-25(18-9-7-10-19(13-18)35-3)32(26)22-20(36-4)11-8-12-21(22)37-5/h7-15,17,23H,1-6H3,(H,30,31)/t17-,23-/m0/s1. The summed E-state index contributed by atoms with van der Waals surface area (Å²) in [5.41, 5.74) is 1.86. The molecule has 0 aliphatic carbocycles. The van der Waals surface area contributed by atoms with E-state index < -0.39 is 21.4 Å². The highest BCUT2D eigenvalue weighted by Gasteiger charge is 2.35. The number of rotatable bonds is 11. The van der Waals surface area contributed by atoms with Crippen LogP contribution in [0.3, 0.4) is 0 Å². The molecule has 0 aliphatic heterocycles. The number of nitrogens with zero attached hydrogens (tertiary/aromatic N) is 5. The maximum Gasteiger partial charge on any atom is 0.243 e. The van der Waals surface area contributed by atoms with E-state index in [2.05, 4.69) is 24.9 Å². The highest BCUT2D eigenvalue weighted by molar-refractivity contribution is 7.93. The van der Waals surface area contributed by atoms with Gasteiger partial charge in [-0.15, -0.1) is 10.2 Å². The van der Waals surface area contributed by atoms with Crippen LogP contribution in [0.5, 0.6) is 17.2 Å². The largest absolute Gasteiger partial charge is 0.497 e. The fraction of sp³-hybridized carbons (Fsp3) is 0.308. The molecule has 2 aromatic carbocycles. The van der Waals surface area contributed by atoms with E-state index in [-0.39, 0.29) is 11.8 Å². The average Bonchev–Trinajstić information content (AvgIpc) is 3.35. The van der Waals surface area contributed by atoms with Crippen LogP contribution in [0.4, 0.5) is 5.95 Å². The van der Waals surface area contributed by atoms with Gasteiger partial charge in [0, 0.05) is 25.1 Å². The lowest BCUT2D eigenvalue weighted by Crippen LogP contribution is -2.33. The van der Waals surface area contributed by atoms with Crippen LogP contribution in [0.1, 0.15) is 24.4 Å². The van der Waals surface area contributed by atoms with Crippen molar-refractivity contribution in [1.82, 2.24) is 24.7 Å². The minimum absolute atomic E-state index is 0.0813. The number of hydrogen-bond acceptors (Lipinski definition) is 10. The normalized spacial score (nSPS) is 13.0. The molecule has 0 unspecified atom stereocenters. The highest BCUT2D eigenvalue weighted by Crippen LogP contribution is 2.38. The third-order valence-corrected chi connectivity index (χ3v) is 7.77. The molecule has 0 amide bonds. The number of methoxy groups -OCH3 is 4. The van der Waals surface area contributed by atoms with E-state index in [1.165, 1.54) is 32.8 Å². The first-order chi connectivity index (χ1) is 18.7. The number of anilines is 1. The van der Waals surface area contributed by atoms with Crippen LogP contribution in [-0.4, -0.2) is 66.8 Å². The van der Waals surface area contributed by atoms with Gasteiger partial charge in [0.15, 0.2) is 11.6 Å². The zero-order valence-corrected chi connectivity index (χ0v) is 23.3. The van der Waals surface area contributed by atoms with Crippen molar-refractivity contribution >= 4 is 16.0 Å². The van der Waals surface area contributed by atoms with Crippen molar-refractivity contribution in [3.8, 4) is 34.3 Å². The van der Waals surface area contributed by atoms with Crippen LogP contribution < -0.4 is 18.9 Å². The van der Waals surface area contributed by atoms with Crippen molar-refractivity contribution in [3.05, 3.63) is 66.2 Å². The van der Waals surface area contributed by atoms with Crippen LogP contribution in [-0.2, 0) is 14.8 Å². The van der Waals surface area contributed by atoms with Crippen molar-refractivity contribution < 1.29 is 27.4 Å². The van der Waals surface area contributed by atoms with Gasteiger partial charge in [0.2, 0.25) is 16.0 Å². The molecular weight excluding hydrogens is 524 g/mol. The van der Waals surface area contributed by atoms with Gasteiger partial charge in [0.25, 0.3) is 0 Å². The Morgan fingerprint density at radius 3 is 2.13 bits per heavy atom. The fourth-order valence-corrected chi connectivity index (χ4v) is 5.13. The smallest absolute Gasteiger partial charge is 0.243 e. The van der Waals surface area contributed by atoms with Crippen molar-refractivity contribution in [2.75, 3.05) is 33.2 Å². The summed E-state index contributed by atoms with van der Waals surface area (Å²) in [5.74, 6) is 1.90. The Labute approximate surface area is 227 Å². The van der Waals surface area contributed by atoms with E-state index >= 15 is 0 Å². The predicted molar refractivity (Wildman–Crippen MR) is 145 cm³/mol. The molecule has 0 radical (unpaired) electrons. The molecule has 39 heavy (non-hydrogen) atoms. The van der Waals surface area contributed by atoms with Gasteiger partial charge in [-0.3, -0.25) is 9.29 Å². The first kappa shape index (κ1) is 27.8. The Kier molecular flexibility index (Phi) is 8.31. The summed E-state index contributed by atoms with van der Waals surface area (Å²) >= 11 is 0. The summed E-state index contributed by atoms with van der Waals surface area (Å²) in [5, 5.41) is 7.44. The Morgan fingerprint density at radius 1 is 0.897 bits per heavy atom. The van der Waals surface area contributed by atoms with E-state index in [0.29, 0.717) is 34.3 Å². The zero-order valence-electron chi connectivity index (χ0n) is 22.4. The minimum Gasteiger partial charge on any atom is -0.497 e. The number of nitrogens with one attached hydrogen (secondary N) is 1. The third-order valence-electron chi connectivity index (χ3n) is 6.08.